The smallest absolute Gasteiger partial charge is 0.0711 e. The molecule has 59 heavy (non-hydrogen) atoms. The fourth-order valence-corrected chi connectivity index (χ4v) is 8.29. The number of hydrogen-bond acceptors (Lipinski definition) is 2. The molecule has 0 bridgehead atoms. The zero-order valence-electron chi connectivity index (χ0n) is 32.8. The van der Waals surface area contributed by atoms with Gasteiger partial charge in [0.25, 0.3) is 0 Å². The SMILES string of the molecule is C=C(/C=C(\N=C(C)c1cccc(-c2ccc3ccccc3c2)c1)c1ccc(-c2cncc3ccccc23)cc1)c1ccc(-c2cc3ccccc3c3ccccc23)cc1. The van der Waals surface area contributed by atoms with E-state index in [0.29, 0.717) is 0 Å². The summed E-state index contributed by atoms with van der Waals surface area (Å²) in [5, 5.41) is 9.79. The average Bonchev–Trinajstić information content (AvgIpc) is 3.31. The van der Waals surface area contributed by atoms with E-state index in [1.165, 1.54) is 54.4 Å². The molecule has 0 aliphatic heterocycles. The van der Waals surface area contributed by atoms with Crippen molar-refractivity contribution in [2.24, 2.45) is 4.99 Å². The molecule has 0 atom stereocenters. The van der Waals surface area contributed by atoms with E-state index < -0.39 is 0 Å². The van der Waals surface area contributed by atoms with Gasteiger partial charge in [0, 0.05) is 34.6 Å². The number of hydrogen-bond donors (Lipinski definition) is 0. The number of fused-ring (bicyclic) bond motifs is 5. The van der Waals surface area contributed by atoms with Crippen LogP contribution in [0.5, 0.6) is 0 Å². The summed E-state index contributed by atoms with van der Waals surface area (Å²) in [6, 6.07) is 69.3. The number of benzene rings is 9. The minimum absolute atomic E-state index is 0.843. The standard InChI is InChI=1S/C57H40N2/c1-38(40-22-25-42(26-23-40)55-35-49-14-5-7-18-51(49)53-20-9-10-21-54(53)55)32-57(44-29-27-43(28-30-44)56-37-58-36-50-15-6-8-19-52(50)56)59-39(2)45-16-11-17-47(33-45)48-31-24-41-12-3-4-13-46(41)34-48/h3-37H,1H2,2H3/b57-32-,59-39?. The molecule has 0 spiro atoms. The van der Waals surface area contributed by atoms with Crippen LogP contribution >= 0.6 is 0 Å². The molecule has 278 valence electrons. The van der Waals surface area contributed by atoms with Crippen LogP contribution in [0.1, 0.15) is 23.6 Å². The van der Waals surface area contributed by atoms with Crippen LogP contribution in [0, 0.1) is 0 Å². The fourth-order valence-electron chi connectivity index (χ4n) is 8.29. The molecule has 2 heteroatoms. The van der Waals surface area contributed by atoms with Crippen molar-refractivity contribution in [3.05, 3.63) is 236 Å². The van der Waals surface area contributed by atoms with Crippen molar-refractivity contribution in [3.63, 3.8) is 0 Å². The molecule has 0 amide bonds. The number of allylic oxidation sites excluding steroid dienone is 2. The quantitative estimate of drug-likeness (QED) is 0.0862. The van der Waals surface area contributed by atoms with Crippen LogP contribution < -0.4 is 0 Å². The lowest BCUT2D eigenvalue weighted by Gasteiger charge is -2.13. The third kappa shape index (κ3) is 7.03. The molecule has 10 rings (SSSR count). The fraction of sp³-hybridized carbons (Fsp3) is 0.0175. The summed E-state index contributed by atoms with van der Waals surface area (Å²) in [6.45, 7) is 6.68. The van der Waals surface area contributed by atoms with Gasteiger partial charge in [-0.2, -0.15) is 0 Å². The lowest BCUT2D eigenvalue weighted by atomic mass is 9.92. The summed E-state index contributed by atoms with van der Waals surface area (Å²) in [5.74, 6) is 0. The largest absolute Gasteiger partial charge is 0.263 e. The van der Waals surface area contributed by atoms with Crippen molar-refractivity contribution in [2.75, 3.05) is 0 Å². The Morgan fingerprint density at radius 3 is 1.80 bits per heavy atom. The molecule has 0 saturated heterocycles. The molecular weight excluding hydrogens is 713 g/mol. The normalized spacial score (nSPS) is 12.1. The Morgan fingerprint density at radius 2 is 1.02 bits per heavy atom. The van der Waals surface area contributed by atoms with Crippen molar-refractivity contribution in [1.82, 2.24) is 4.98 Å². The Hall–Kier alpha value is -7.68. The number of rotatable bonds is 8. The highest BCUT2D eigenvalue weighted by Gasteiger charge is 2.12. The number of aliphatic imine (C=N–C) groups is 1. The summed E-state index contributed by atoms with van der Waals surface area (Å²) in [7, 11) is 0. The van der Waals surface area contributed by atoms with E-state index in [1.54, 1.807) is 0 Å². The third-order valence-corrected chi connectivity index (χ3v) is 11.5. The van der Waals surface area contributed by atoms with Gasteiger partial charge in [-0.1, -0.05) is 183 Å². The first kappa shape index (κ1) is 35.7. The van der Waals surface area contributed by atoms with Gasteiger partial charge in [-0.05, 0) is 113 Å². The Balaban J connectivity index is 1.02. The first-order chi connectivity index (χ1) is 29.1. The average molecular weight is 753 g/mol. The van der Waals surface area contributed by atoms with Crippen LogP contribution in [-0.4, -0.2) is 10.7 Å². The second-order valence-corrected chi connectivity index (χ2v) is 15.1. The zero-order valence-corrected chi connectivity index (χ0v) is 32.8. The maximum Gasteiger partial charge on any atom is 0.0711 e. The predicted molar refractivity (Wildman–Crippen MR) is 253 cm³/mol. The Bertz CT molecular complexity index is 3270. The number of nitrogens with zero attached hydrogens (tertiary/aromatic N) is 2. The zero-order chi connectivity index (χ0) is 39.7. The van der Waals surface area contributed by atoms with Crippen molar-refractivity contribution in [3.8, 4) is 33.4 Å². The molecule has 1 heterocycles. The van der Waals surface area contributed by atoms with E-state index in [-0.39, 0.29) is 0 Å². The van der Waals surface area contributed by atoms with E-state index in [0.717, 1.165) is 55.7 Å². The third-order valence-electron chi connectivity index (χ3n) is 11.5. The Kier molecular flexibility index (Phi) is 9.29. The van der Waals surface area contributed by atoms with Gasteiger partial charge >= 0.3 is 0 Å². The molecule has 0 radical (unpaired) electrons. The number of pyridine rings is 1. The van der Waals surface area contributed by atoms with Gasteiger partial charge in [0.2, 0.25) is 0 Å². The maximum atomic E-state index is 5.35. The van der Waals surface area contributed by atoms with Gasteiger partial charge in [-0.25, -0.2) is 0 Å². The van der Waals surface area contributed by atoms with Crippen LogP contribution in [0.3, 0.4) is 0 Å². The second kappa shape index (κ2) is 15.3. The van der Waals surface area contributed by atoms with Gasteiger partial charge in [0.1, 0.15) is 0 Å². The minimum Gasteiger partial charge on any atom is -0.263 e. The van der Waals surface area contributed by atoms with E-state index >= 15 is 0 Å². The van der Waals surface area contributed by atoms with E-state index in [4.69, 9.17) is 4.99 Å². The second-order valence-electron chi connectivity index (χ2n) is 15.1. The summed E-state index contributed by atoms with van der Waals surface area (Å²) >= 11 is 0. The van der Waals surface area contributed by atoms with Gasteiger partial charge in [-0.15, -0.1) is 0 Å². The molecule has 0 aliphatic carbocycles. The lowest BCUT2D eigenvalue weighted by molar-refractivity contribution is 1.36. The lowest BCUT2D eigenvalue weighted by Crippen LogP contribution is -1.97. The first-order valence-electron chi connectivity index (χ1n) is 20.1. The Morgan fingerprint density at radius 1 is 0.424 bits per heavy atom. The monoisotopic (exact) mass is 752 g/mol. The Labute approximate surface area is 344 Å². The topological polar surface area (TPSA) is 25.2 Å². The van der Waals surface area contributed by atoms with Crippen molar-refractivity contribution in [1.29, 1.82) is 0 Å². The van der Waals surface area contributed by atoms with Gasteiger partial charge < -0.3 is 0 Å². The molecule has 0 unspecified atom stereocenters. The van der Waals surface area contributed by atoms with E-state index in [1.807, 2.05) is 12.4 Å². The van der Waals surface area contributed by atoms with Crippen LogP contribution in [-0.2, 0) is 0 Å². The van der Waals surface area contributed by atoms with E-state index in [9.17, 15) is 0 Å². The minimum atomic E-state index is 0.843. The van der Waals surface area contributed by atoms with Gasteiger partial charge in [-0.3, -0.25) is 9.98 Å². The number of aromatic nitrogens is 1. The molecule has 0 aliphatic rings. The van der Waals surface area contributed by atoms with E-state index in [2.05, 4.69) is 219 Å². The summed E-state index contributed by atoms with van der Waals surface area (Å²) in [5.41, 5.74) is 12.7. The van der Waals surface area contributed by atoms with Crippen molar-refractivity contribution in [2.45, 2.75) is 6.92 Å². The summed E-state index contributed by atoms with van der Waals surface area (Å²) < 4.78 is 0. The highest BCUT2D eigenvalue weighted by Crippen LogP contribution is 2.36. The van der Waals surface area contributed by atoms with Crippen LogP contribution in [0.25, 0.3) is 87.7 Å². The molecule has 0 saturated carbocycles. The predicted octanol–water partition coefficient (Wildman–Crippen LogP) is 15.3. The molecule has 10 aromatic rings. The van der Waals surface area contributed by atoms with Crippen LogP contribution in [0.4, 0.5) is 0 Å². The van der Waals surface area contributed by atoms with Crippen LogP contribution in [0.15, 0.2) is 224 Å². The van der Waals surface area contributed by atoms with Crippen molar-refractivity contribution < 1.29 is 0 Å². The molecule has 0 N–H and O–H groups in total. The summed E-state index contributed by atoms with van der Waals surface area (Å²) in [6.07, 6.45) is 5.99. The highest BCUT2D eigenvalue weighted by molar-refractivity contribution is 6.14. The molecule has 1 aromatic heterocycles. The van der Waals surface area contributed by atoms with Crippen molar-refractivity contribution >= 4 is 60.1 Å². The highest BCUT2D eigenvalue weighted by atomic mass is 14.8. The molecule has 9 aromatic carbocycles. The molecule has 0 fully saturated rings. The molecule has 2 nitrogen and oxygen atoms in total. The van der Waals surface area contributed by atoms with Crippen LogP contribution in [0.2, 0.25) is 0 Å². The first-order valence-corrected chi connectivity index (χ1v) is 20.1. The van der Waals surface area contributed by atoms with Gasteiger partial charge in [0.15, 0.2) is 0 Å². The molecular formula is C57H40N2. The van der Waals surface area contributed by atoms with Gasteiger partial charge in [0.05, 0.1) is 5.70 Å². The maximum absolute atomic E-state index is 5.35. The summed E-state index contributed by atoms with van der Waals surface area (Å²) in [4.78, 5) is 9.90.